The van der Waals surface area contributed by atoms with Crippen LogP contribution in [0.4, 0.5) is 0 Å². The first-order valence-electron chi connectivity index (χ1n) is 5.84. The molecule has 0 saturated carbocycles. The van der Waals surface area contributed by atoms with Gasteiger partial charge in [0.25, 0.3) is 5.91 Å². The maximum atomic E-state index is 11.7. The van der Waals surface area contributed by atoms with Crippen LogP contribution in [0.2, 0.25) is 0 Å². The van der Waals surface area contributed by atoms with Crippen molar-refractivity contribution < 1.29 is 9.21 Å². The summed E-state index contributed by atoms with van der Waals surface area (Å²) < 4.78 is 6.97. The lowest BCUT2D eigenvalue weighted by atomic mass is 10.4. The minimum absolute atomic E-state index is 0.274. The zero-order valence-corrected chi connectivity index (χ0v) is 10.4. The van der Waals surface area contributed by atoms with Crippen molar-refractivity contribution in [3.8, 4) is 0 Å². The Hall–Kier alpha value is -2.18. The Balaban J connectivity index is 1.91. The largest absolute Gasteiger partial charge is 0.444 e. The third-order valence-corrected chi connectivity index (χ3v) is 2.42. The highest BCUT2D eigenvalue weighted by molar-refractivity contribution is 5.91. The van der Waals surface area contributed by atoms with E-state index in [2.05, 4.69) is 20.6 Å². The molecule has 2 aromatic heterocycles. The molecule has 0 aromatic carbocycles. The molecule has 0 spiro atoms. The van der Waals surface area contributed by atoms with Gasteiger partial charge in [-0.15, -0.1) is 5.10 Å². The van der Waals surface area contributed by atoms with Gasteiger partial charge >= 0.3 is 0 Å². The van der Waals surface area contributed by atoms with Crippen molar-refractivity contribution in [1.82, 2.24) is 25.3 Å². The fourth-order valence-electron chi connectivity index (χ4n) is 1.41. The fraction of sp³-hybridized carbons (Fsp3) is 0.455. The number of oxazole rings is 1. The van der Waals surface area contributed by atoms with Crippen LogP contribution in [-0.4, -0.2) is 25.9 Å². The van der Waals surface area contributed by atoms with Gasteiger partial charge in [-0.1, -0.05) is 12.1 Å². The lowest BCUT2D eigenvalue weighted by molar-refractivity contribution is 0.0942. The molecule has 0 aliphatic rings. The number of nitrogens with zero attached hydrogens (tertiary/aromatic N) is 4. The number of hydrogen-bond acceptors (Lipinski definition) is 5. The van der Waals surface area contributed by atoms with E-state index in [1.54, 1.807) is 17.1 Å². The van der Waals surface area contributed by atoms with Crippen molar-refractivity contribution >= 4 is 5.91 Å². The molecular weight excluding hydrogens is 234 g/mol. The number of rotatable bonds is 5. The molecule has 0 unspecified atom stereocenters. The van der Waals surface area contributed by atoms with E-state index in [-0.39, 0.29) is 5.91 Å². The van der Waals surface area contributed by atoms with E-state index < -0.39 is 0 Å². The molecule has 0 fully saturated rings. The SMILES string of the molecule is CCc1ncc(CNC(=O)c2cn(CC)nn2)o1. The second-order valence-electron chi connectivity index (χ2n) is 3.72. The summed E-state index contributed by atoms with van der Waals surface area (Å²) in [6.07, 6.45) is 3.95. The average Bonchev–Trinajstić information content (AvgIpc) is 3.04. The average molecular weight is 249 g/mol. The van der Waals surface area contributed by atoms with Crippen molar-refractivity contribution in [2.45, 2.75) is 33.4 Å². The number of amides is 1. The van der Waals surface area contributed by atoms with Crippen LogP contribution < -0.4 is 5.32 Å². The summed E-state index contributed by atoms with van der Waals surface area (Å²) in [5, 5.41) is 10.3. The highest BCUT2D eigenvalue weighted by atomic mass is 16.4. The van der Waals surface area contributed by atoms with Crippen LogP contribution in [0.1, 0.15) is 36.0 Å². The van der Waals surface area contributed by atoms with Gasteiger partial charge < -0.3 is 9.73 Å². The maximum Gasteiger partial charge on any atom is 0.273 e. The Bertz CT molecular complexity index is 531. The smallest absolute Gasteiger partial charge is 0.273 e. The van der Waals surface area contributed by atoms with Gasteiger partial charge in [-0.3, -0.25) is 9.48 Å². The normalized spacial score (nSPS) is 10.6. The lowest BCUT2D eigenvalue weighted by Gasteiger charge is -1.98. The molecule has 96 valence electrons. The van der Waals surface area contributed by atoms with E-state index in [4.69, 9.17) is 4.42 Å². The second kappa shape index (κ2) is 5.44. The van der Waals surface area contributed by atoms with Crippen LogP contribution in [0.15, 0.2) is 16.8 Å². The number of nitrogens with one attached hydrogen (secondary N) is 1. The van der Waals surface area contributed by atoms with E-state index in [0.717, 1.165) is 6.42 Å². The van der Waals surface area contributed by atoms with E-state index in [1.807, 2.05) is 13.8 Å². The van der Waals surface area contributed by atoms with Crippen LogP contribution in [0, 0.1) is 0 Å². The van der Waals surface area contributed by atoms with E-state index in [9.17, 15) is 4.79 Å². The molecule has 0 aliphatic heterocycles. The number of carbonyl (C=O) groups is 1. The van der Waals surface area contributed by atoms with Crippen LogP contribution in [0.3, 0.4) is 0 Å². The Morgan fingerprint density at radius 1 is 1.50 bits per heavy atom. The summed E-state index contributed by atoms with van der Waals surface area (Å²) in [7, 11) is 0. The molecule has 7 nitrogen and oxygen atoms in total. The minimum Gasteiger partial charge on any atom is -0.444 e. The predicted molar refractivity (Wildman–Crippen MR) is 62.7 cm³/mol. The molecule has 0 atom stereocenters. The first kappa shape index (κ1) is 12.3. The molecule has 1 N–H and O–H groups in total. The van der Waals surface area contributed by atoms with Crippen LogP contribution in [0.25, 0.3) is 0 Å². The van der Waals surface area contributed by atoms with Crippen molar-refractivity contribution in [1.29, 1.82) is 0 Å². The molecule has 18 heavy (non-hydrogen) atoms. The van der Waals surface area contributed by atoms with Crippen molar-refractivity contribution in [3.63, 3.8) is 0 Å². The number of carbonyl (C=O) groups excluding carboxylic acids is 1. The van der Waals surface area contributed by atoms with Gasteiger partial charge in [-0.2, -0.15) is 0 Å². The first-order valence-corrected chi connectivity index (χ1v) is 5.84. The summed E-state index contributed by atoms with van der Waals surface area (Å²) in [5.41, 5.74) is 0.298. The molecule has 0 saturated heterocycles. The Labute approximate surface area is 104 Å². The third kappa shape index (κ3) is 2.73. The Morgan fingerprint density at radius 2 is 2.33 bits per heavy atom. The highest BCUT2D eigenvalue weighted by Crippen LogP contribution is 2.04. The van der Waals surface area contributed by atoms with E-state index in [0.29, 0.717) is 30.4 Å². The predicted octanol–water partition coefficient (Wildman–Crippen LogP) is 0.778. The Morgan fingerprint density at radius 3 is 2.94 bits per heavy atom. The van der Waals surface area contributed by atoms with E-state index >= 15 is 0 Å². The number of aromatic nitrogens is 4. The molecule has 2 rings (SSSR count). The molecule has 2 heterocycles. The monoisotopic (exact) mass is 249 g/mol. The third-order valence-electron chi connectivity index (χ3n) is 2.42. The van der Waals surface area contributed by atoms with Gasteiger partial charge in [-0.05, 0) is 6.92 Å². The number of hydrogen-bond donors (Lipinski definition) is 1. The van der Waals surface area contributed by atoms with Crippen molar-refractivity contribution in [2.24, 2.45) is 0 Å². The summed E-state index contributed by atoms with van der Waals surface area (Å²) in [4.78, 5) is 15.8. The van der Waals surface area contributed by atoms with Gasteiger partial charge in [0.1, 0.15) is 5.76 Å². The van der Waals surface area contributed by atoms with Crippen LogP contribution >= 0.6 is 0 Å². The van der Waals surface area contributed by atoms with Crippen molar-refractivity contribution in [2.75, 3.05) is 0 Å². The second-order valence-corrected chi connectivity index (χ2v) is 3.72. The molecule has 0 radical (unpaired) electrons. The molecule has 0 bridgehead atoms. The fourth-order valence-corrected chi connectivity index (χ4v) is 1.41. The molecular formula is C11H15N5O2. The maximum absolute atomic E-state index is 11.7. The van der Waals surface area contributed by atoms with Crippen molar-refractivity contribution in [3.05, 3.63) is 29.7 Å². The zero-order valence-electron chi connectivity index (χ0n) is 10.4. The minimum atomic E-state index is -0.274. The quantitative estimate of drug-likeness (QED) is 0.846. The summed E-state index contributed by atoms with van der Waals surface area (Å²) in [6, 6.07) is 0. The topological polar surface area (TPSA) is 85.8 Å². The Kier molecular flexibility index (Phi) is 3.71. The molecule has 1 amide bonds. The van der Waals surface area contributed by atoms with Gasteiger partial charge in [-0.25, -0.2) is 4.98 Å². The lowest BCUT2D eigenvalue weighted by Crippen LogP contribution is -2.22. The van der Waals surface area contributed by atoms with Gasteiger partial charge in [0.2, 0.25) is 0 Å². The summed E-state index contributed by atoms with van der Waals surface area (Å²) >= 11 is 0. The van der Waals surface area contributed by atoms with Crippen LogP contribution in [0.5, 0.6) is 0 Å². The first-order chi connectivity index (χ1) is 8.72. The molecule has 0 aliphatic carbocycles. The zero-order chi connectivity index (χ0) is 13.0. The van der Waals surface area contributed by atoms with E-state index in [1.165, 1.54) is 0 Å². The highest BCUT2D eigenvalue weighted by Gasteiger charge is 2.11. The van der Waals surface area contributed by atoms with Gasteiger partial charge in [0, 0.05) is 13.0 Å². The summed E-state index contributed by atoms with van der Waals surface area (Å²) in [5.74, 6) is 1.02. The van der Waals surface area contributed by atoms with Crippen LogP contribution in [-0.2, 0) is 19.5 Å². The standard InChI is InChI=1S/C11H15N5O2/c1-3-10-12-5-8(18-10)6-13-11(17)9-7-16(4-2)15-14-9/h5,7H,3-4,6H2,1-2H3,(H,13,17). The summed E-state index contributed by atoms with van der Waals surface area (Å²) in [6.45, 7) is 4.86. The van der Waals surface area contributed by atoms with Gasteiger partial charge in [0.05, 0.1) is 18.9 Å². The molecule has 7 heteroatoms. The van der Waals surface area contributed by atoms with Gasteiger partial charge in [0.15, 0.2) is 11.6 Å². The number of aryl methyl sites for hydroxylation is 2. The molecule has 2 aromatic rings.